The maximum absolute atomic E-state index is 14.0. The summed E-state index contributed by atoms with van der Waals surface area (Å²) in [5, 5.41) is 3.54. The largest absolute Gasteiger partial charge is 0.352 e. The van der Waals surface area contributed by atoms with Crippen molar-refractivity contribution in [1.29, 1.82) is 0 Å². The highest BCUT2D eigenvalue weighted by molar-refractivity contribution is 7.92. The zero-order valence-electron chi connectivity index (χ0n) is 22.5. The second-order valence-corrected chi connectivity index (χ2v) is 12.2. The van der Waals surface area contributed by atoms with Gasteiger partial charge in [-0.25, -0.2) is 12.8 Å². The van der Waals surface area contributed by atoms with Crippen LogP contribution < -0.4 is 9.62 Å². The first-order valence-corrected chi connectivity index (χ1v) is 15.3. The molecule has 0 fully saturated rings. The Morgan fingerprint density at radius 2 is 1.55 bits per heavy atom. The smallest absolute Gasteiger partial charge is 0.244 e. The number of benzene rings is 3. The van der Waals surface area contributed by atoms with Crippen LogP contribution in [0, 0.1) is 5.82 Å². The van der Waals surface area contributed by atoms with Crippen LogP contribution in [0.3, 0.4) is 0 Å². The van der Waals surface area contributed by atoms with E-state index in [0.29, 0.717) is 22.0 Å². The van der Waals surface area contributed by atoms with Gasteiger partial charge >= 0.3 is 0 Å². The summed E-state index contributed by atoms with van der Waals surface area (Å²) in [6.45, 7) is 3.00. The monoisotopic (exact) mass is 607 g/mol. The molecule has 0 unspecified atom stereocenters. The van der Waals surface area contributed by atoms with E-state index in [1.165, 1.54) is 17.0 Å². The normalized spacial score (nSPS) is 12.8. The van der Waals surface area contributed by atoms with Crippen molar-refractivity contribution in [3.05, 3.63) is 99.8 Å². The van der Waals surface area contributed by atoms with Crippen LogP contribution >= 0.6 is 23.2 Å². The van der Waals surface area contributed by atoms with Crippen molar-refractivity contribution in [2.45, 2.75) is 45.3 Å². The van der Waals surface area contributed by atoms with Crippen LogP contribution in [-0.2, 0) is 32.6 Å². The maximum Gasteiger partial charge on any atom is 0.244 e. The van der Waals surface area contributed by atoms with E-state index in [0.717, 1.165) is 28.3 Å². The Morgan fingerprint density at radius 3 is 2.10 bits per heavy atom. The fourth-order valence-electron chi connectivity index (χ4n) is 4.07. The minimum Gasteiger partial charge on any atom is -0.352 e. The van der Waals surface area contributed by atoms with Crippen LogP contribution in [0.25, 0.3) is 0 Å². The highest BCUT2D eigenvalue weighted by atomic mass is 35.5. The zero-order valence-corrected chi connectivity index (χ0v) is 24.8. The molecule has 7 nitrogen and oxygen atoms in total. The van der Waals surface area contributed by atoms with Gasteiger partial charge in [-0.15, -0.1) is 0 Å². The molecule has 0 aromatic heterocycles. The van der Waals surface area contributed by atoms with Crippen molar-refractivity contribution in [2.24, 2.45) is 0 Å². The fraction of sp³-hybridized carbons (Fsp3) is 0.310. The molecule has 11 heteroatoms. The molecule has 0 saturated carbocycles. The van der Waals surface area contributed by atoms with Crippen molar-refractivity contribution in [2.75, 3.05) is 17.1 Å². The molecule has 214 valence electrons. The highest BCUT2D eigenvalue weighted by Crippen LogP contribution is 2.28. The summed E-state index contributed by atoms with van der Waals surface area (Å²) in [6, 6.07) is 17.7. The molecule has 3 aromatic carbocycles. The third kappa shape index (κ3) is 8.43. The molecule has 0 aliphatic carbocycles. The highest BCUT2D eigenvalue weighted by Gasteiger charge is 2.34. The molecule has 0 aliphatic heterocycles. The molecule has 3 aromatic rings. The van der Waals surface area contributed by atoms with Gasteiger partial charge in [-0.2, -0.15) is 0 Å². The summed E-state index contributed by atoms with van der Waals surface area (Å²) >= 11 is 12.9. The number of rotatable bonds is 12. The van der Waals surface area contributed by atoms with Gasteiger partial charge in [0.2, 0.25) is 21.8 Å². The van der Waals surface area contributed by atoms with Crippen LogP contribution in [-0.4, -0.2) is 50.0 Å². The summed E-state index contributed by atoms with van der Waals surface area (Å²) in [7, 11) is -3.97. The van der Waals surface area contributed by atoms with Crippen LogP contribution in [0.1, 0.15) is 31.4 Å². The lowest BCUT2D eigenvalue weighted by atomic mass is 10.0. The SMILES string of the molecule is CC[C@H](C)NC(=O)[C@H](Cc1ccccc1)N(Cc1c(Cl)cccc1Cl)C(=O)CN(c1ccc(F)cc1)S(C)(=O)=O. The van der Waals surface area contributed by atoms with E-state index < -0.39 is 40.2 Å². The average Bonchev–Trinajstić information content (AvgIpc) is 2.91. The van der Waals surface area contributed by atoms with Gasteiger partial charge in [0.05, 0.1) is 11.9 Å². The molecule has 3 rings (SSSR count). The van der Waals surface area contributed by atoms with Crippen LogP contribution in [0.15, 0.2) is 72.8 Å². The first-order valence-electron chi connectivity index (χ1n) is 12.7. The van der Waals surface area contributed by atoms with Crippen LogP contribution in [0.5, 0.6) is 0 Å². The Kier molecular flexibility index (Phi) is 11.0. The number of amides is 2. The Labute approximate surface area is 244 Å². The molecule has 1 N–H and O–H groups in total. The van der Waals surface area contributed by atoms with Gasteiger partial charge in [-0.3, -0.25) is 13.9 Å². The molecular weight excluding hydrogens is 576 g/mol. The predicted molar refractivity (Wildman–Crippen MR) is 157 cm³/mol. The number of carbonyl (C=O) groups excluding carboxylic acids is 2. The fourth-order valence-corrected chi connectivity index (χ4v) is 5.44. The molecule has 0 spiro atoms. The van der Waals surface area contributed by atoms with Gasteiger partial charge < -0.3 is 10.2 Å². The van der Waals surface area contributed by atoms with E-state index >= 15 is 0 Å². The topological polar surface area (TPSA) is 86.8 Å². The van der Waals surface area contributed by atoms with E-state index in [4.69, 9.17) is 23.2 Å². The van der Waals surface area contributed by atoms with E-state index in [2.05, 4.69) is 5.32 Å². The summed E-state index contributed by atoms with van der Waals surface area (Å²) in [6.07, 6.45) is 1.78. The van der Waals surface area contributed by atoms with Crippen molar-refractivity contribution < 1.29 is 22.4 Å². The predicted octanol–water partition coefficient (Wildman–Crippen LogP) is 5.45. The maximum atomic E-state index is 14.0. The third-order valence-corrected chi connectivity index (χ3v) is 8.30. The quantitative estimate of drug-likeness (QED) is 0.296. The lowest BCUT2D eigenvalue weighted by molar-refractivity contribution is -0.140. The lowest BCUT2D eigenvalue weighted by Gasteiger charge is -2.34. The van der Waals surface area contributed by atoms with Crippen LogP contribution in [0.4, 0.5) is 10.1 Å². The third-order valence-electron chi connectivity index (χ3n) is 6.46. The van der Waals surface area contributed by atoms with Gasteiger partial charge in [-0.05, 0) is 55.3 Å². The Morgan fingerprint density at radius 1 is 0.950 bits per heavy atom. The minimum absolute atomic E-state index is 0.108. The minimum atomic E-state index is -3.97. The van der Waals surface area contributed by atoms with Gasteiger partial charge in [0.25, 0.3) is 0 Å². The summed E-state index contributed by atoms with van der Waals surface area (Å²) in [5.41, 5.74) is 1.33. The van der Waals surface area contributed by atoms with Crippen LogP contribution in [0.2, 0.25) is 10.0 Å². The molecule has 0 radical (unpaired) electrons. The van der Waals surface area contributed by atoms with Gasteiger partial charge in [0.15, 0.2) is 0 Å². The Balaban J connectivity index is 2.10. The summed E-state index contributed by atoms with van der Waals surface area (Å²) in [4.78, 5) is 29.0. The number of nitrogens with zero attached hydrogens (tertiary/aromatic N) is 2. The van der Waals surface area contributed by atoms with E-state index in [-0.39, 0.29) is 24.7 Å². The number of hydrogen-bond acceptors (Lipinski definition) is 4. The number of halogens is 3. The lowest BCUT2D eigenvalue weighted by Crippen LogP contribution is -2.54. The first kappa shape index (κ1) is 31.4. The molecule has 0 aliphatic rings. The van der Waals surface area contributed by atoms with Gasteiger partial charge in [-0.1, -0.05) is 66.5 Å². The summed E-state index contributed by atoms with van der Waals surface area (Å²) in [5.74, 6) is -1.61. The zero-order chi connectivity index (χ0) is 29.4. The molecule has 0 saturated heterocycles. The standard InChI is InChI=1S/C29H32Cl2FN3O4S/c1-4-20(2)33-29(37)27(17-21-9-6-5-7-10-21)34(18-24-25(30)11-8-12-26(24)31)28(36)19-35(40(3,38)39)23-15-13-22(32)14-16-23/h5-16,20,27H,4,17-19H2,1-3H3,(H,33,37)/t20-,27-/m0/s1. The van der Waals surface area contributed by atoms with Crippen molar-refractivity contribution >= 4 is 50.7 Å². The second-order valence-electron chi connectivity index (χ2n) is 9.49. The van der Waals surface area contributed by atoms with Crippen molar-refractivity contribution in [1.82, 2.24) is 10.2 Å². The molecule has 2 amide bonds. The average molecular weight is 609 g/mol. The molecular formula is C29H32Cl2FN3O4S. The first-order chi connectivity index (χ1) is 18.9. The number of anilines is 1. The van der Waals surface area contributed by atoms with E-state index in [1.54, 1.807) is 18.2 Å². The number of carbonyl (C=O) groups is 2. The molecule has 40 heavy (non-hydrogen) atoms. The molecule has 2 atom stereocenters. The molecule has 0 bridgehead atoms. The number of hydrogen-bond donors (Lipinski definition) is 1. The van der Waals surface area contributed by atoms with E-state index in [1.807, 2.05) is 44.2 Å². The van der Waals surface area contributed by atoms with Crippen molar-refractivity contribution in [3.8, 4) is 0 Å². The Bertz CT molecular complexity index is 1400. The number of sulfonamides is 1. The number of nitrogens with one attached hydrogen (secondary N) is 1. The van der Waals surface area contributed by atoms with Gasteiger partial charge in [0.1, 0.15) is 18.4 Å². The Hall–Kier alpha value is -3.14. The molecule has 0 heterocycles. The second kappa shape index (κ2) is 14.0. The summed E-state index contributed by atoms with van der Waals surface area (Å²) < 4.78 is 40.0. The van der Waals surface area contributed by atoms with Gasteiger partial charge in [0, 0.05) is 34.6 Å². The van der Waals surface area contributed by atoms with E-state index in [9.17, 15) is 22.4 Å². The van der Waals surface area contributed by atoms with Crippen molar-refractivity contribution in [3.63, 3.8) is 0 Å².